The van der Waals surface area contributed by atoms with Crippen molar-refractivity contribution in [2.75, 3.05) is 93.4 Å². The molecule has 0 aliphatic rings. The van der Waals surface area contributed by atoms with Gasteiger partial charge in [0.2, 0.25) is 11.8 Å². The van der Waals surface area contributed by atoms with Crippen LogP contribution in [0.4, 0.5) is 9.59 Å². The number of benzene rings is 2. The molecule has 0 unspecified atom stereocenters. The van der Waals surface area contributed by atoms with Crippen LogP contribution in [0.3, 0.4) is 0 Å². The number of hydrogen-bond acceptors (Lipinski definition) is 18. The minimum atomic E-state index is -1.21. The van der Waals surface area contributed by atoms with Crippen LogP contribution in [-0.4, -0.2) is 169 Å². The van der Waals surface area contributed by atoms with Gasteiger partial charge in [-0.05, 0) is 67.2 Å². The summed E-state index contributed by atoms with van der Waals surface area (Å²) in [4.78, 5) is 101. The smallest absolute Gasteiger partial charge is 0.408 e. The molecule has 0 radical (unpaired) electrons. The van der Waals surface area contributed by atoms with E-state index in [0.29, 0.717) is 39.6 Å². The molecule has 1 heterocycles. The van der Waals surface area contributed by atoms with Gasteiger partial charge in [-0.1, -0.05) is 116 Å². The molecule has 3 rings (SSSR count). The van der Waals surface area contributed by atoms with Crippen molar-refractivity contribution in [3.63, 3.8) is 0 Å². The maximum absolute atomic E-state index is 15.0. The fraction of sp³-hybridized carbons (Fsp3) is 0.613. The molecule has 5 atom stereocenters. The van der Waals surface area contributed by atoms with Crippen molar-refractivity contribution < 1.29 is 76.2 Å². The van der Waals surface area contributed by atoms with Gasteiger partial charge in [0.25, 0.3) is 0 Å². The third-order valence-electron chi connectivity index (χ3n) is 13.0. The molecule has 0 aliphatic carbocycles. The quantitative estimate of drug-likeness (QED) is 0.0195. The van der Waals surface area contributed by atoms with E-state index in [1.807, 2.05) is 93.6 Å². The third kappa shape index (κ3) is 28.8. The molecule has 3 aromatic rings. The number of esters is 2. The molecular formula is C62H94N6O16. The maximum Gasteiger partial charge on any atom is 0.408 e. The zero-order valence-electron chi connectivity index (χ0n) is 51.7. The lowest BCUT2D eigenvalue weighted by atomic mass is 9.78. The molecule has 0 spiro atoms. The first-order valence-electron chi connectivity index (χ1n) is 28.6. The molecule has 0 bridgehead atoms. The summed E-state index contributed by atoms with van der Waals surface area (Å²) in [7, 11) is 2.86. The van der Waals surface area contributed by atoms with Crippen LogP contribution in [0.2, 0.25) is 0 Å². The molecular weight excluding hydrogens is 1080 g/mol. The number of aromatic nitrogens is 1. The van der Waals surface area contributed by atoms with E-state index < -0.39 is 101 Å². The van der Waals surface area contributed by atoms with Crippen molar-refractivity contribution in [2.45, 2.75) is 126 Å². The van der Waals surface area contributed by atoms with Crippen LogP contribution >= 0.6 is 0 Å². The summed E-state index contributed by atoms with van der Waals surface area (Å²) in [5, 5.41) is 9.55. The van der Waals surface area contributed by atoms with Gasteiger partial charge in [-0.15, -0.1) is 0 Å². The van der Waals surface area contributed by atoms with Crippen molar-refractivity contribution in [3.05, 3.63) is 90.1 Å². The average Bonchev–Trinajstić information content (AvgIpc) is 3.51. The first kappa shape index (κ1) is 71.7. The van der Waals surface area contributed by atoms with Crippen LogP contribution in [0.5, 0.6) is 0 Å². The molecule has 0 saturated heterocycles. The molecule has 0 saturated carbocycles. The largest absolute Gasteiger partial charge is 0.469 e. The lowest BCUT2D eigenvalue weighted by Gasteiger charge is -2.36. The first-order valence-corrected chi connectivity index (χ1v) is 28.6. The number of rotatable bonds is 37. The normalized spacial score (nSPS) is 13.7. The van der Waals surface area contributed by atoms with E-state index in [1.165, 1.54) is 7.11 Å². The summed E-state index contributed by atoms with van der Waals surface area (Å²) in [6.45, 7) is 21.7. The Bertz CT molecular complexity index is 2450. The SMILES string of the molecule is COCCOCCOCCOCCOCCOC(=O)N[C@H](C(=O)C[C@@H](Cc1ccccc1)[C@H](CN(Cc1ccc(-c2ccccn2)cc1)NC(=O)[C@@H](CC(=O)OC)C(C)(C)C)OC(=O)CNC(=O)[C@@H](NC(=O)OC(C)(C)C)C(C)C)C(C)(C)C. The molecule has 1 aromatic heterocycles. The Hall–Kier alpha value is -6.56. The number of Topliss-reactive ketones (excluding diaryl/α,β-unsaturated/α-hetero) is 1. The number of carbonyl (C=O) groups is 7. The van der Waals surface area contributed by atoms with Crippen molar-refractivity contribution >= 4 is 41.7 Å². The number of pyridine rings is 1. The van der Waals surface area contributed by atoms with E-state index in [9.17, 15) is 33.6 Å². The van der Waals surface area contributed by atoms with E-state index in [0.717, 1.165) is 22.4 Å². The number of nitrogens with zero attached hydrogens (tertiary/aromatic N) is 2. The molecule has 0 aliphatic heterocycles. The number of amides is 4. The summed E-state index contributed by atoms with van der Waals surface area (Å²) < 4.78 is 49.2. The van der Waals surface area contributed by atoms with Crippen molar-refractivity contribution in [2.24, 2.45) is 28.6 Å². The Morgan fingerprint density at radius 1 is 0.607 bits per heavy atom. The minimum Gasteiger partial charge on any atom is -0.469 e. The summed E-state index contributed by atoms with van der Waals surface area (Å²) in [6.07, 6.45) is -1.53. The maximum atomic E-state index is 15.0. The van der Waals surface area contributed by atoms with E-state index in [4.69, 9.17) is 42.6 Å². The number of ketones is 1. The van der Waals surface area contributed by atoms with Gasteiger partial charge in [0.1, 0.15) is 30.9 Å². The van der Waals surface area contributed by atoms with Gasteiger partial charge in [0.15, 0.2) is 5.78 Å². The van der Waals surface area contributed by atoms with Crippen LogP contribution in [0.1, 0.15) is 100 Å². The van der Waals surface area contributed by atoms with Gasteiger partial charge in [-0.25, -0.2) is 14.6 Å². The number of methoxy groups -OCH3 is 2. The number of alkyl carbamates (subject to hydrolysis) is 2. The topological polar surface area (TPSA) is 267 Å². The molecule has 22 nitrogen and oxygen atoms in total. The van der Waals surface area contributed by atoms with E-state index in [2.05, 4.69) is 26.4 Å². The summed E-state index contributed by atoms with van der Waals surface area (Å²) in [6, 6.07) is 20.2. The van der Waals surface area contributed by atoms with Crippen LogP contribution in [-0.2, 0) is 79.6 Å². The number of ether oxygens (including phenoxy) is 9. The predicted molar refractivity (Wildman–Crippen MR) is 315 cm³/mol. The summed E-state index contributed by atoms with van der Waals surface area (Å²) >= 11 is 0. The number of hydrazine groups is 1. The lowest BCUT2D eigenvalue weighted by molar-refractivity contribution is -0.156. The molecule has 4 amide bonds. The van der Waals surface area contributed by atoms with Crippen molar-refractivity contribution in [3.8, 4) is 11.3 Å². The zero-order chi connectivity index (χ0) is 62.3. The Kier molecular flexibility index (Phi) is 31.6. The van der Waals surface area contributed by atoms with Crippen molar-refractivity contribution in [1.82, 2.24) is 31.4 Å². The Morgan fingerprint density at radius 2 is 1.19 bits per heavy atom. The van der Waals surface area contributed by atoms with Gasteiger partial charge >= 0.3 is 24.1 Å². The third-order valence-corrected chi connectivity index (χ3v) is 13.0. The second-order valence-corrected chi connectivity index (χ2v) is 23.7. The molecule has 4 N–H and O–H groups in total. The highest BCUT2D eigenvalue weighted by molar-refractivity contribution is 5.89. The van der Waals surface area contributed by atoms with Gasteiger partial charge in [-0.2, -0.15) is 0 Å². The Balaban J connectivity index is 2.00. The van der Waals surface area contributed by atoms with E-state index >= 15 is 0 Å². The minimum absolute atomic E-state index is 0.0444. The molecule has 2 aromatic carbocycles. The number of carbonyl (C=O) groups excluding carboxylic acids is 7. The number of hydrogen-bond donors (Lipinski definition) is 4. The van der Waals surface area contributed by atoms with Crippen LogP contribution in [0, 0.1) is 28.6 Å². The molecule has 22 heteroatoms. The Labute approximate surface area is 496 Å². The van der Waals surface area contributed by atoms with Gasteiger partial charge < -0.3 is 58.6 Å². The van der Waals surface area contributed by atoms with Crippen LogP contribution < -0.4 is 21.4 Å². The monoisotopic (exact) mass is 1180 g/mol. The Morgan fingerprint density at radius 3 is 1.71 bits per heavy atom. The van der Waals surface area contributed by atoms with E-state index in [-0.39, 0.29) is 58.8 Å². The van der Waals surface area contributed by atoms with Crippen LogP contribution in [0.15, 0.2) is 79.0 Å². The fourth-order valence-corrected chi connectivity index (χ4v) is 8.57. The predicted octanol–water partition coefficient (Wildman–Crippen LogP) is 7.06. The van der Waals surface area contributed by atoms with Gasteiger partial charge in [-0.3, -0.25) is 34.4 Å². The van der Waals surface area contributed by atoms with Crippen molar-refractivity contribution in [1.29, 1.82) is 0 Å². The standard InChI is InChI=1S/C62H94N6O16/c1-43(2)54(65-59(75)84-62(9,10)11)57(73)64-40-53(71)83-51(42-68(67-56(72)48(60(3,4)5)39-52(70)77-13)41-45-22-24-46(25-23-45)49-21-17-18-26-63-49)47(37-44-19-15-14-16-20-44)38-50(69)55(61(6,7)8)66-58(74)82-36-35-81-34-33-80-32-31-79-30-29-78-28-27-76-12/h14-26,43,47-48,51,54-55H,27-42H2,1-13H3,(H,64,73)(H,65,75)(H,66,74)(H,67,72)/t47-,48-,51+,54+,55-/m1/s1. The summed E-state index contributed by atoms with van der Waals surface area (Å²) in [5.74, 6) is -5.25. The second kappa shape index (κ2) is 37.0. The van der Waals surface area contributed by atoms with Gasteiger partial charge in [0, 0.05) is 37.8 Å². The second-order valence-electron chi connectivity index (χ2n) is 23.7. The first-order chi connectivity index (χ1) is 39.7. The molecule has 0 fully saturated rings. The lowest BCUT2D eigenvalue weighted by Crippen LogP contribution is -2.54. The highest BCUT2D eigenvalue weighted by Crippen LogP contribution is 2.31. The fourth-order valence-electron chi connectivity index (χ4n) is 8.57. The highest BCUT2D eigenvalue weighted by Gasteiger charge is 2.39. The van der Waals surface area contributed by atoms with Crippen LogP contribution in [0.25, 0.3) is 11.3 Å². The molecule has 84 heavy (non-hydrogen) atoms. The molecule has 468 valence electrons. The average molecular weight is 1180 g/mol. The highest BCUT2D eigenvalue weighted by atomic mass is 16.6. The van der Waals surface area contributed by atoms with Gasteiger partial charge in [0.05, 0.1) is 97.2 Å². The summed E-state index contributed by atoms with van der Waals surface area (Å²) in [5.41, 5.74) is 3.69. The number of nitrogens with one attached hydrogen (secondary N) is 4. The van der Waals surface area contributed by atoms with E-state index in [1.54, 1.807) is 73.7 Å². The zero-order valence-corrected chi connectivity index (χ0v) is 51.7.